The van der Waals surface area contributed by atoms with E-state index in [4.69, 9.17) is 5.73 Å². The van der Waals surface area contributed by atoms with Crippen LogP contribution in [0.2, 0.25) is 0 Å². The van der Waals surface area contributed by atoms with Crippen LogP contribution in [0, 0.1) is 25.5 Å². The van der Waals surface area contributed by atoms with Crippen LogP contribution in [-0.2, 0) is 6.54 Å². The second-order valence-electron chi connectivity index (χ2n) is 4.38. The van der Waals surface area contributed by atoms with Gasteiger partial charge in [-0.2, -0.15) is 5.10 Å². The maximum atomic E-state index is 13.6. The Hall–Kier alpha value is -1.75. The van der Waals surface area contributed by atoms with Crippen molar-refractivity contribution < 1.29 is 8.78 Å². The topological polar surface area (TPSA) is 43.8 Å². The fourth-order valence-electron chi connectivity index (χ4n) is 1.95. The number of benzene rings is 1. The highest BCUT2D eigenvalue weighted by atomic mass is 19.1. The molecule has 0 radical (unpaired) electrons. The van der Waals surface area contributed by atoms with Crippen molar-refractivity contribution in [2.45, 2.75) is 26.4 Å². The fourth-order valence-corrected chi connectivity index (χ4v) is 1.95. The van der Waals surface area contributed by atoms with E-state index in [2.05, 4.69) is 5.10 Å². The highest BCUT2D eigenvalue weighted by Crippen LogP contribution is 2.18. The summed E-state index contributed by atoms with van der Waals surface area (Å²) >= 11 is 0. The van der Waals surface area contributed by atoms with Crippen molar-refractivity contribution in [2.75, 3.05) is 0 Å². The summed E-state index contributed by atoms with van der Waals surface area (Å²) in [4.78, 5) is 0. The van der Waals surface area contributed by atoms with Gasteiger partial charge in [0.2, 0.25) is 0 Å². The van der Waals surface area contributed by atoms with Crippen molar-refractivity contribution in [2.24, 2.45) is 5.73 Å². The molecule has 0 aliphatic heterocycles. The number of nitrogens with zero attached hydrogens (tertiary/aromatic N) is 2. The largest absolute Gasteiger partial charge is 0.322 e. The smallest absolute Gasteiger partial charge is 0.130 e. The Labute approximate surface area is 104 Å². The fraction of sp³-hybridized carbons (Fsp3) is 0.308. The van der Waals surface area contributed by atoms with Crippen LogP contribution in [0.4, 0.5) is 8.78 Å². The Bertz CT molecular complexity index is 563. The van der Waals surface area contributed by atoms with Crippen LogP contribution in [0.25, 0.3) is 0 Å². The Morgan fingerprint density at radius 1 is 1.28 bits per heavy atom. The first-order chi connectivity index (χ1) is 8.47. The van der Waals surface area contributed by atoms with Gasteiger partial charge in [0.1, 0.15) is 11.6 Å². The number of aromatic nitrogens is 2. The standard InChI is InChI=1S/C13H15F2N3/c1-8-5-9(2)18(17-8)7-13(16)11-4-3-10(14)6-12(11)15/h3-6,13H,7,16H2,1-2H3. The van der Waals surface area contributed by atoms with E-state index in [1.807, 2.05) is 19.9 Å². The normalized spacial score (nSPS) is 12.7. The molecule has 0 saturated carbocycles. The zero-order valence-electron chi connectivity index (χ0n) is 10.3. The average molecular weight is 251 g/mol. The summed E-state index contributed by atoms with van der Waals surface area (Å²) in [6.45, 7) is 4.16. The van der Waals surface area contributed by atoms with Crippen molar-refractivity contribution in [3.63, 3.8) is 0 Å². The lowest BCUT2D eigenvalue weighted by molar-refractivity contribution is 0.488. The highest BCUT2D eigenvalue weighted by molar-refractivity contribution is 5.22. The summed E-state index contributed by atoms with van der Waals surface area (Å²) in [7, 11) is 0. The Morgan fingerprint density at radius 3 is 2.56 bits per heavy atom. The molecule has 0 spiro atoms. The first kappa shape index (κ1) is 12.7. The van der Waals surface area contributed by atoms with Crippen LogP contribution in [0.1, 0.15) is 23.0 Å². The zero-order valence-corrected chi connectivity index (χ0v) is 10.3. The SMILES string of the molecule is Cc1cc(C)n(CC(N)c2ccc(F)cc2F)n1. The predicted molar refractivity (Wildman–Crippen MR) is 65.0 cm³/mol. The van der Waals surface area contributed by atoms with Gasteiger partial charge < -0.3 is 5.73 Å². The molecular weight excluding hydrogens is 236 g/mol. The summed E-state index contributed by atoms with van der Waals surface area (Å²) in [5, 5.41) is 4.26. The van der Waals surface area contributed by atoms with Crippen molar-refractivity contribution in [3.05, 3.63) is 52.9 Å². The molecule has 0 fully saturated rings. The minimum absolute atomic E-state index is 0.295. The van der Waals surface area contributed by atoms with E-state index in [0.717, 1.165) is 17.5 Å². The van der Waals surface area contributed by atoms with E-state index in [-0.39, 0.29) is 0 Å². The molecule has 0 amide bonds. The number of rotatable bonds is 3. The van der Waals surface area contributed by atoms with Gasteiger partial charge in [0.05, 0.1) is 18.3 Å². The summed E-state index contributed by atoms with van der Waals surface area (Å²) in [5.41, 5.74) is 8.08. The van der Waals surface area contributed by atoms with Crippen molar-refractivity contribution in [3.8, 4) is 0 Å². The molecule has 2 rings (SSSR count). The van der Waals surface area contributed by atoms with E-state index < -0.39 is 17.7 Å². The van der Waals surface area contributed by atoms with E-state index in [1.54, 1.807) is 4.68 Å². The molecule has 96 valence electrons. The predicted octanol–water partition coefficient (Wildman–Crippen LogP) is 2.48. The second-order valence-corrected chi connectivity index (χ2v) is 4.38. The molecule has 1 heterocycles. The highest BCUT2D eigenvalue weighted by Gasteiger charge is 2.14. The third-order valence-corrected chi connectivity index (χ3v) is 2.83. The second kappa shape index (κ2) is 4.86. The third kappa shape index (κ3) is 2.56. The van der Waals surface area contributed by atoms with Gasteiger partial charge in [-0.1, -0.05) is 6.07 Å². The van der Waals surface area contributed by atoms with Gasteiger partial charge >= 0.3 is 0 Å². The van der Waals surface area contributed by atoms with E-state index in [0.29, 0.717) is 12.1 Å². The van der Waals surface area contributed by atoms with E-state index in [1.165, 1.54) is 12.1 Å². The summed E-state index contributed by atoms with van der Waals surface area (Å²) < 4.78 is 28.1. The molecule has 1 aromatic heterocycles. The number of hydrogen-bond acceptors (Lipinski definition) is 2. The van der Waals surface area contributed by atoms with Gasteiger partial charge in [-0.25, -0.2) is 8.78 Å². The van der Waals surface area contributed by atoms with Crippen molar-refractivity contribution in [1.82, 2.24) is 9.78 Å². The Balaban J connectivity index is 2.21. The van der Waals surface area contributed by atoms with Gasteiger partial charge in [-0.15, -0.1) is 0 Å². The molecule has 2 N–H and O–H groups in total. The maximum absolute atomic E-state index is 13.6. The lowest BCUT2D eigenvalue weighted by atomic mass is 10.1. The minimum atomic E-state index is -0.621. The van der Waals surface area contributed by atoms with E-state index in [9.17, 15) is 8.78 Å². The number of nitrogens with two attached hydrogens (primary N) is 1. The first-order valence-corrected chi connectivity index (χ1v) is 5.69. The summed E-state index contributed by atoms with van der Waals surface area (Å²) in [6.07, 6.45) is 0. The lowest BCUT2D eigenvalue weighted by Crippen LogP contribution is -2.20. The molecule has 0 aliphatic carbocycles. The van der Waals surface area contributed by atoms with E-state index >= 15 is 0 Å². The molecule has 2 aromatic rings. The first-order valence-electron chi connectivity index (χ1n) is 5.69. The summed E-state index contributed by atoms with van der Waals surface area (Å²) in [6, 6.07) is 4.80. The molecule has 1 atom stereocenters. The zero-order chi connectivity index (χ0) is 13.3. The van der Waals surface area contributed by atoms with Crippen molar-refractivity contribution >= 4 is 0 Å². The molecule has 5 heteroatoms. The molecule has 0 aliphatic rings. The summed E-state index contributed by atoms with van der Waals surface area (Å²) in [5.74, 6) is -1.22. The van der Waals surface area contributed by atoms with Gasteiger partial charge in [-0.3, -0.25) is 4.68 Å². The number of halogens is 2. The quantitative estimate of drug-likeness (QED) is 0.910. The van der Waals surface area contributed by atoms with Crippen LogP contribution in [0.3, 0.4) is 0 Å². The molecule has 1 aromatic carbocycles. The number of hydrogen-bond donors (Lipinski definition) is 1. The molecule has 0 bridgehead atoms. The van der Waals surface area contributed by atoms with Crippen LogP contribution in [0.15, 0.2) is 24.3 Å². The molecular formula is C13H15F2N3. The molecule has 18 heavy (non-hydrogen) atoms. The van der Waals surface area contributed by atoms with Crippen molar-refractivity contribution in [1.29, 1.82) is 0 Å². The maximum Gasteiger partial charge on any atom is 0.130 e. The van der Waals surface area contributed by atoms with Crippen LogP contribution >= 0.6 is 0 Å². The molecule has 0 saturated heterocycles. The lowest BCUT2D eigenvalue weighted by Gasteiger charge is -2.14. The monoisotopic (exact) mass is 251 g/mol. The van der Waals surface area contributed by atoms with Crippen LogP contribution in [-0.4, -0.2) is 9.78 Å². The van der Waals surface area contributed by atoms with Gasteiger partial charge in [0.25, 0.3) is 0 Å². The van der Waals surface area contributed by atoms with Gasteiger partial charge in [0, 0.05) is 17.3 Å². The van der Waals surface area contributed by atoms with Gasteiger partial charge in [0.15, 0.2) is 0 Å². The molecule has 1 unspecified atom stereocenters. The van der Waals surface area contributed by atoms with Crippen LogP contribution in [0.5, 0.6) is 0 Å². The Kier molecular flexibility index (Phi) is 3.43. The Morgan fingerprint density at radius 2 is 2.00 bits per heavy atom. The molecule has 3 nitrogen and oxygen atoms in total. The number of aryl methyl sites for hydroxylation is 2. The van der Waals surface area contributed by atoms with Crippen LogP contribution < -0.4 is 5.73 Å². The minimum Gasteiger partial charge on any atom is -0.322 e. The average Bonchev–Trinajstić information content (AvgIpc) is 2.57. The van der Waals surface area contributed by atoms with Gasteiger partial charge in [-0.05, 0) is 26.0 Å². The third-order valence-electron chi connectivity index (χ3n) is 2.83.